The largest absolute Gasteiger partial charge is 0.271 e. The summed E-state index contributed by atoms with van der Waals surface area (Å²) in [5.74, 6) is 5.67. The molecular weight excluding hydrogens is 268 g/mol. The van der Waals surface area contributed by atoms with Crippen LogP contribution >= 0.6 is 23.1 Å². The van der Waals surface area contributed by atoms with Gasteiger partial charge in [0.15, 0.2) is 0 Å². The van der Waals surface area contributed by atoms with Crippen LogP contribution in [0.1, 0.15) is 35.5 Å². The molecule has 4 nitrogen and oxygen atoms in total. The van der Waals surface area contributed by atoms with E-state index in [-0.39, 0.29) is 6.04 Å². The van der Waals surface area contributed by atoms with Crippen LogP contribution in [0.5, 0.6) is 0 Å². The molecule has 6 heteroatoms. The van der Waals surface area contributed by atoms with Crippen LogP contribution in [-0.2, 0) is 6.42 Å². The van der Waals surface area contributed by atoms with Gasteiger partial charge in [-0.2, -0.15) is 0 Å². The molecule has 1 atom stereocenters. The predicted octanol–water partition coefficient (Wildman–Crippen LogP) is 2.70. The highest BCUT2D eigenvalue weighted by Gasteiger charge is 2.19. The molecule has 0 spiro atoms. The van der Waals surface area contributed by atoms with Crippen LogP contribution in [0.25, 0.3) is 0 Å². The fraction of sp³-hybridized carbons (Fsp3) is 0.333. The third-order valence-corrected chi connectivity index (χ3v) is 3.75. The highest BCUT2D eigenvalue weighted by atomic mass is 35.5. The Labute approximate surface area is 115 Å². The van der Waals surface area contributed by atoms with Crippen molar-refractivity contribution in [2.75, 3.05) is 0 Å². The maximum atomic E-state index is 6.01. The summed E-state index contributed by atoms with van der Waals surface area (Å²) in [5.41, 5.74) is 4.85. The van der Waals surface area contributed by atoms with Gasteiger partial charge in [-0.15, -0.1) is 5.10 Å². The van der Waals surface area contributed by atoms with E-state index in [1.165, 1.54) is 11.5 Å². The molecule has 0 bridgehead atoms. The first kappa shape index (κ1) is 13.4. The molecule has 0 aliphatic carbocycles. The van der Waals surface area contributed by atoms with Crippen LogP contribution in [0, 0.1) is 0 Å². The van der Waals surface area contributed by atoms with E-state index in [9.17, 15) is 0 Å². The summed E-state index contributed by atoms with van der Waals surface area (Å²) < 4.78 is 4.02. The summed E-state index contributed by atoms with van der Waals surface area (Å²) in [5, 5.41) is 4.86. The van der Waals surface area contributed by atoms with Gasteiger partial charge < -0.3 is 0 Å². The third-order valence-electron chi connectivity index (χ3n) is 2.68. The minimum Gasteiger partial charge on any atom is -0.271 e. The highest BCUT2D eigenvalue weighted by molar-refractivity contribution is 7.05. The maximum absolute atomic E-state index is 6.01. The normalized spacial score (nSPS) is 12.6. The third kappa shape index (κ3) is 2.87. The van der Waals surface area contributed by atoms with Crippen LogP contribution in [-0.4, -0.2) is 9.59 Å². The Morgan fingerprint density at radius 3 is 3.00 bits per heavy atom. The Bertz CT molecular complexity index is 514. The summed E-state index contributed by atoms with van der Waals surface area (Å²) in [4.78, 5) is 1.06. The smallest absolute Gasteiger partial charge is 0.0838 e. The van der Waals surface area contributed by atoms with Gasteiger partial charge in [0.2, 0.25) is 0 Å². The van der Waals surface area contributed by atoms with Gasteiger partial charge in [0.25, 0.3) is 0 Å². The van der Waals surface area contributed by atoms with Gasteiger partial charge in [-0.25, -0.2) is 5.43 Å². The van der Waals surface area contributed by atoms with E-state index in [4.69, 9.17) is 17.4 Å². The number of benzene rings is 1. The summed E-state index contributed by atoms with van der Waals surface area (Å²) in [6.45, 7) is 2.12. The molecule has 0 fully saturated rings. The van der Waals surface area contributed by atoms with Gasteiger partial charge >= 0.3 is 0 Å². The van der Waals surface area contributed by atoms with E-state index >= 15 is 0 Å². The van der Waals surface area contributed by atoms with Crippen LogP contribution in [0.2, 0.25) is 5.02 Å². The van der Waals surface area contributed by atoms with E-state index in [2.05, 4.69) is 21.9 Å². The SMILES string of the molecule is CCCc1nnsc1C(NN)c1cccc(Cl)c1. The number of halogens is 1. The zero-order chi connectivity index (χ0) is 13.0. The van der Waals surface area contributed by atoms with Crippen molar-refractivity contribution in [1.82, 2.24) is 15.0 Å². The summed E-state index contributed by atoms with van der Waals surface area (Å²) in [6.07, 6.45) is 1.94. The number of rotatable bonds is 5. The van der Waals surface area contributed by atoms with Crippen molar-refractivity contribution in [1.29, 1.82) is 0 Å². The second-order valence-corrected chi connectivity index (χ2v) is 5.21. The fourth-order valence-electron chi connectivity index (χ4n) is 1.85. The molecule has 1 aromatic carbocycles. The van der Waals surface area contributed by atoms with Crippen molar-refractivity contribution >= 4 is 23.1 Å². The van der Waals surface area contributed by atoms with Crippen molar-refractivity contribution in [2.45, 2.75) is 25.8 Å². The topological polar surface area (TPSA) is 63.8 Å². The van der Waals surface area contributed by atoms with E-state index < -0.39 is 0 Å². The first-order chi connectivity index (χ1) is 8.76. The van der Waals surface area contributed by atoms with Gasteiger partial charge in [-0.3, -0.25) is 5.84 Å². The van der Waals surface area contributed by atoms with Crippen LogP contribution in [0.3, 0.4) is 0 Å². The lowest BCUT2D eigenvalue weighted by Gasteiger charge is -2.15. The predicted molar refractivity (Wildman–Crippen MR) is 74.5 cm³/mol. The van der Waals surface area contributed by atoms with E-state index in [1.54, 1.807) is 0 Å². The quantitative estimate of drug-likeness (QED) is 0.654. The number of nitrogens with one attached hydrogen (secondary N) is 1. The van der Waals surface area contributed by atoms with E-state index in [0.29, 0.717) is 5.02 Å². The molecule has 0 saturated heterocycles. The summed E-state index contributed by atoms with van der Waals surface area (Å²) in [7, 11) is 0. The monoisotopic (exact) mass is 282 g/mol. The number of nitrogens with two attached hydrogens (primary N) is 1. The molecule has 0 radical (unpaired) electrons. The average molecular weight is 283 g/mol. The van der Waals surface area contributed by atoms with E-state index in [1.807, 2.05) is 24.3 Å². The highest BCUT2D eigenvalue weighted by Crippen LogP contribution is 2.28. The molecular formula is C12H15ClN4S. The van der Waals surface area contributed by atoms with Gasteiger partial charge in [-0.1, -0.05) is 41.6 Å². The number of hydrazine groups is 1. The van der Waals surface area contributed by atoms with Crippen LogP contribution < -0.4 is 11.3 Å². The molecule has 2 aromatic rings. The molecule has 0 aliphatic heterocycles. The lowest BCUT2D eigenvalue weighted by atomic mass is 10.0. The molecule has 2 rings (SSSR count). The Morgan fingerprint density at radius 2 is 2.33 bits per heavy atom. The Hall–Kier alpha value is -1.01. The van der Waals surface area contributed by atoms with Gasteiger partial charge in [0, 0.05) is 5.02 Å². The second kappa shape index (κ2) is 6.24. The van der Waals surface area contributed by atoms with Crippen molar-refractivity contribution < 1.29 is 0 Å². The molecule has 1 heterocycles. The van der Waals surface area contributed by atoms with Crippen LogP contribution in [0.15, 0.2) is 24.3 Å². The number of hydrogen-bond donors (Lipinski definition) is 2. The molecule has 0 saturated carbocycles. The van der Waals surface area contributed by atoms with E-state index in [0.717, 1.165) is 29.0 Å². The van der Waals surface area contributed by atoms with Crippen molar-refractivity contribution in [3.05, 3.63) is 45.4 Å². The number of aryl methyl sites for hydroxylation is 1. The molecule has 1 aromatic heterocycles. The maximum Gasteiger partial charge on any atom is 0.0838 e. The van der Waals surface area contributed by atoms with Crippen LogP contribution in [0.4, 0.5) is 0 Å². The molecule has 0 amide bonds. The zero-order valence-electron chi connectivity index (χ0n) is 10.1. The number of hydrogen-bond acceptors (Lipinski definition) is 5. The van der Waals surface area contributed by atoms with Gasteiger partial charge in [0.05, 0.1) is 16.6 Å². The molecule has 3 N–H and O–H groups in total. The number of aromatic nitrogens is 2. The summed E-state index contributed by atoms with van der Waals surface area (Å²) >= 11 is 7.39. The lowest BCUT2D eigenvalue weighted by molar-refractivity contribution is 0.636. The minimum absolute atomic E-state index is 0.106. The summed E-state index contributed by atoms with van der Waals surface area (Å²) in [6, 6.07) is 7.55. The van der Waals surface area contributed by atoms with Crippen molar-refractivity contribution in [2.24, 2.45) is 5.84 Å². The average Bonchev–Trinajstić information content (AvgIpc) is 2.79. The Morgan fingerprint density at radius 1 is 1.50 bits per heavy atom. The Balaban J connectivity index is 2.36. The first-order valence-electron chi connectivity index (χ1n) is 5.79. The molecule has 18 heavy (non-hydrogen) atoms. The second-order valence-electron chi connectivity index (χ2n) is 3.99. The minimum atomic E-state index is -0.106. The molecule has 0 aliphatic rings. The Kier molecular flexibility index (Phi) is 4.66. The number of nitrogens with zero attached hydrogens (tertiary/aromatic N) is 2. The van der Waals surface area contributed by atoms with Gasteiger partial charge in [0.1, 0.15) is 0 Å². The lowest BCUT2D eigenvalue weighted by Crippen LogP contribution is -2.29. The van der Waals surface area contributed by atoms with Gasteiger partial charge in [-0.05, 0) is 35.6 Å². The molecule has 1 unspecified atom stereocenters. The van der Waals surface area contributed by atoms with Crippen molar-refractivity contribution in [3.8, 4) is 0 Å². The zero-order valence-corrected chi connectivity index (χ0v) is 11.6. The molecule has 96 valence electrons. The fourth-order valence-corrected chi connectivity index (χ4v) is 2.84. The first-order valence-corrected chi connectivity index (χ1v) is 6.94. The standard InChI is InChI=1S/C12H15ClN4S/c1-2-4-10-12(18-17-16-10)11(15-14)8-5-3-6-9(13)7-8/h3,5-7,11,15H,2,4,14H2,1H3. The van der Waals surface area contributed by atoms with Crippen molar-refractivity contribution in [3.63, 3.8) is 0 Å².